The second kappa shape index (κ2) is 5.97. The van der Waals surface area contributed by atoms with Crippen molar-refractivity contribution in [3.05, 3.63) is 29.6 Å². The van der Waals surface area contributed by atoms with Gasteiger partial charge in [0, 0.05) is 17.0 Å². The van der Waals surface area contributed by atoms with Crippen LogP contribution in [0, 0.1) is 0 Å². The number of anilines is 1. The average Bonchev–Trinajstić information content (AvgIpc) is 2.76. The van der Waals surface area contributed by atoms with E-state index in [1.54, 1.807) is 18.2 Å². The zero-order valence-corrected chi connectivity index (χ0v) is 11.4. The lowest BCUT2D eigenvalue weighted by atomic mass is 10.1. The monoisotopic (exact) mass is 284 g/mol. The Hall–Kier alpha value is -1.69. The van der Waals surface area contributed by atoms with Crippen LogP contribution in [0.4, 0.5) is 13.9 Å². The Morgan fingerprint density at radius 1 is 1.26 bits per heavy atom. The van der Waals surface area contributed by atoms with Crippen molar-refractivity contribution in [2.45, 2.75) is 26.5 Å². The highest BCUT2D eigenvalue weighted by molar-refractivity contribution is 7.14. The highest BCUT2D eigenvalue weighted by Gasteiger charge is 2.13. The number of halogens is 2. The predicted molar refractivity (Wildman–Crippen MR) is 72.9 cm³/mol. The van der Waals surface area contributed by atoms with Gasteiger partial charge in [-0.2, -0.15) is 8.78 Å². The summed E-state index contributed by atoms with van der Waals surface area (Å²) < 4.78 is 29.2. The molecule has 0 saturated carbocycles. The summed E-state index contributed by atoms with van der Waals surface area (Å²) in [6, 6.07) is 6.91. The number of para-hydroxylation sites is 1. The van der Waals surface area contributed by atoms with Crippen LogP contribution in [0.3, 0.4) is 0 Å². The maximum atomic E-state index is 12.3. The summed E-state index contributed by atoms with van der Waals surface area (Å²) in [4.78, 5) is 4.37. The number of thiazole rings is 1. The SMILES string of the molecule is CC(C)Nc1nc(-c2ccccc2OC(F)F)cs1. The van der Waals surface area contributed by atoms with E-state index in [0.717, 1.165) is 5.13 Å². The molecule has 2 rings (SSSR count). The minimum Gasteiger partial charge on any atom is -0.434 e. The van der Waals surface area contributed by atoms with E-state index in [9.17, 15) is 8.78 Å². The molecule has 1 heterocycles. The fourth-order valence-electron chi connectivity index (χ4n) is 1.59. The third kappa shape index (κ3) is 3.64. The van der Waals surface area contributed by atoms with Crippen LogP contribution in [0.15, 0.2) is 29.6 Å². The molecular weight excluding hydrogens is 270 g/mol. The molecule has 0 saturated heterocycles. The number of hydrogen-bond donors (Lipinski definition) is 1. The van der Waals surface area contributed by atoms with E-state index in [-0.39, 0.29) is 11.8 Å². The average molecular weight is 284 g/mol. The maximum Gasteiger partial charge on any atom is 0.387 e. The van der Waals surface area contributed by atoms with Crippen LogP contribution in [0.1, 0.15) is 13.8 Å². The number of rotatable bonds is 5. The van der Waals surface area contributed by atoms with Gasteiger partial charge in [-0.15, -0.1) is 11.3 Å². The van der Waals surface area contributed by atoms with Gasteiger partial charge >= 0.3 is 6.61 Å². The van der Waals surface area contributed by atoms with E-state index >= 15 is 0 Å². The van der Waals surface area contributed by atoms with Crippen LogP contribution in [0.25, 0.3) is 11.3 Å². The largest absolute Gasteiger partial charge is 0.434 e. The minimum atomic E-state index is -2.84. The number of nitrogens with zero attached hydrogens (tertiary/aromatic N) is 1. The highest BCUT2D eigenvalue weighted by atomic mass is 32.1. The molecule has 0 amide bonds. The Morgan fingerprint density at radius 3 is 2.68 bits per heavy atom. The summed E-state index contributed by atoms with van der Waals surface area (Å²) in [6.45, 7) is 1.18. The lowest BCUT2D eigenvalue weighted by molar-refractivity contribution is -0.0494. The Bertz CT molecular complexity index is 543. The van der Waals surface area contributed by atoms with Gasteiger partial charge in [-0.05, 0) is 26.0 Å². The third-order valence-electron chi connectivity index (χ3n) is 2.30. The summed E-state index contributed by atoms with van der Waals surface area (Å²) in [5.74, 6) is 0.138. The number of alkyl halides is 2. The van der Waals surface area contributed by atoms with Crippen molar-refractivity contribution in [2.24, 2.45) is 0 Å². The molecule has 2 aromatic rings. The summed E-state index contributed by atoms with van der Waals surface area (Å²) in [6.07, 6.45) is 0. The van der Waals surface area contributed by atoms with Gasteiger partial charge in [0.15, 0.2) is 5.13 Å². The zero-order valence-electron chi connectivity index (χ0n) is 10.6. The van der Waals surface area contributed by atoms with Gasteiger partial charge in [-0.3, -0.25) is 0 Å². The molecule has 102 valence electrons. The molecular formula is C13H14F2N2OS. The first-order valence-electron chi connectivity index (χ1n) is 5.82. The highest BCUT2D eigenvalue weighted by Crippen LogP contribution is 2.33. The lowest BCUT2D eigenvalue weighted by Crippen LogP contribution is -2.09. The van der Waals surface area contributed by atoms with Crippen molar-refractivity contribution in [1.29, 1.82) is 0 Å². The number of benzene rings is 1. The zero-order chi connectivity index (χ0) is 13.8. The van der Waals surface area contributed by atoms with E-state index in [1.165, 1.54) is 17.4 Å². The first-order valence-corrected chi connectivity index (χ1v) is 6.70. The molecule has 1 aromatic heterocycles. The number of ether oxygens (including phenoxy) is 1. The van der Waals surface area contributed by atoms with Gasteiger partial charge in [0.05, 0.1) is 5.69 Å². The fraction of sp³-hybridized carbons (Fsp3) is 0.308. The molecule has 0 unspecified atom stereocenters. The third-order valence-corrected chi connectivity index (χ3v) is 3.07. The second-order valence-corrected chi connectivity index (χ2v) is 5.07. The Balaban J connectivity index is 2.28. The summed E-state index contributed by atoms with van der Waals surface area (Å²) >= 11 is 1.44. The summed E-state index contributed by atoms with van der Waals surface area (Å²) in [5, 5.41) is 5.75. The van der Waals surface area contributed by atoms with Crippen molar-refractivity contribution in [1.82, 2.24) is 4.98 Å². The van der Waals surface area contributed by atoms with Crippen molar-refractivity contribution in [3.8, 4) is 17.0 Å². The normalized spacial score (nSPS) is 11.1. The van der Waals surface area contributed by atoms with Crippen molar-refractivity contribution in [2.75, 3.05) is 5.32 Å². The van der Waals surface area contributed by atoms with Gasteiger partial charge in [0.2, 0.25) is 0 Å². The molecule has 1 N–H and O–H groups in total. The molecule has 0 aliphatic carbocycles. The van der Waals surface area contributed by atoms with Gasteiger partial charge in [0.25, 0.3) is 0 Å². The van der Waals surface area contributed by atoms with Gasteiger partial charge in [-0.25, -0.2) is 4.98 Å². The van der Waals surface area contributed by atoms with Crippen LogP contribution < -0.4 is 10.1 Å². The number of nitrogens with one attached hydrogen (secondary N) is 1. The number of hydrogen-bond acceptors (Lipinski definition) is 4. The van der Waals surface area contributed by atoms with Gasteiger partial charge < -0.3 is 10.1 Å². The van der Waals surface area contributed by atoms with Gasteiger partial charge in [0.1, 0.15) is 5.75 Å². The standard InChI is InChI=1S/C13H14F2N2OS/c1-8(2)16-13-17-10(7-19-13)9-5-3-4-6-11(9)18-12(14)15/h3-8,12H,1-2H3,(H,16,17). The van der Waals surface area contributed by atoms with E-state index in [4.69, 9.17) is 0 Å². The minimum absolute atomic E-state index is 0.138. The van der Waals surface area contributed by atoms with Crippen LogP contribution in [-0.4, -0.2) is 17.6 Å². The summed E-state index contributed by atoms with van der Waals surface area (Å²) in [5.41, 5.74) is 1.19. The smallest absolute Gasteiger partial charge is 0.387 e. The molecule has 6 heteroatoms. The maximum absolute atomic E-state index is 12.3. The Labute approximate surface area is 114 Å². The summed E-state index contributed by atoms with van der Waals surface area (Å²) in [7, 11) is 0. The molecule has 0 aliphatic rings. The first kappa shape index (κ1) is 13.7. The first-order chi connectivity index (χ1) is 9.06. The second-order valence-electron chi connectivity index (χ2n) is 4.21. The molecule has 3 nitrogen and oxygen atoms in total. The quantitative estimate of drug-likeness (QED) is 0.892. The molecule has 0 aliphatic heterocycles. The van der Waals surface area contributed by atoms with E-state index in [2.05, 4.69) is 15.0 Å². The molecule has 0 spiro atoms. The fourth-order valence-corrected chi connectivity index (χ4v) is 2.45. The lowest BCUT2D eigenvalue weighted by Gasteiger charge is -2.08. The van der Waals surface area contributed by atoms with Crippen molar-refractivity contribution < 1.29 is 13.5 Å². The van der Waals surface area contributed by atoms with Crippen LogP contribution >= 0.6 is 11.3 Å². The van der Waals surface area contributed by atoms with E-state index in [1.807, 2.05) is 19.2 Å². The number of aromatic nitrogens is 1. The topological polar surface area (TPSA) is 34.2 Å². The van der Waals surface area contributed by atoms with Crippen molar-refractivity contribution >= 4 is 16.5 Å². The van der Waals surface area contributed by atoms with E-state index < -0.39 is 6.61 Å². The van der Waals surface area contributed by atoms with Crippen LogP contribution in [0.2, 0.25) is 0 Å². The molecule has 19 heavy (non-hydrogen) atoms. The molecule has 0 radical (unpaired) electrons. The molecule has 0 bridgehead atoms. The van der Waals surface area contributed by atoms with Crippen LogP contribution in [0.5, 0.6) is 5.75 Å². The molecule has 0 fully saturated rings. The molecule has 1 aromatic carbocycles. The van der Waals surface area contributed by atoms with E-state index in [0.29, 0.717) is 11.3 Å². The predicted octanol–water partition coefficient (Wildman–Crippen LogP) is 4.23. The Morgan fingerprint density at radius 2 is 2.00 bits per heavy atom. The van der Waals surface area contributed by atoms with Crippen molar-refractivity contribution in [3.63, 3.8) is 0 Å². The van der Waals surface area contributed by atoms with Crippen LogP contribution in [-0.2, 0) is 0 Å². The molecule has 0 atom stereocenters. The Kier molecular flexibility index (Phi) is 4.31. The van der Waals surface area contributed by atoms with Gasteiger partial charge in [-0.1, -0.05) is 12.1 Å².